The Morgan fingerprint density at radius 1 is 0.734 bits per heavy atom. The van der Waals surface area contributed by atoms with Gasteiger partial charge in [-0.2, -0.15) is 0 Å². The standard InChI is InChI=1S/C58H58N8O13/c1-32(62-51(67)15-9-10-16-54(70)79-66-52(68)17-18-53(66)69)56(72)63(33(2)55(59)71)38-20-34(30-77-49-26-43-41(24-47(49)75-3)57(73)64-39(28-60-43)22-36-11-5-7-13-45(36)64)19-35(21-38)31-78-50-27-44-42(25-48(50)76-4)58(74)65-40(29-61-44)23-37-12-6-8-14-46(37)65/h5-8,11-14,19-21,24-28,32-33,39-40,61H,9-10,15-18,22-23,29-31H2,1-4H3,(H2,59,71)(H,62,67)/t32-,33-,39-,40-/m0/s1. The minimum atomic E-state index is -1.24. The predicted molar refractivity (Wildman–Crippen MR) is 289 cm³/mol. The van der Waals surface area contributed by atoms with E-state index in [9.17, 15) is 38.4 Å². The highest BCUT2D eigenvalue weighted by Gasteiger charge is 2.40. The summed E-state index contributed by atoms with van der Waals surface area (Å²) in [5, 5.41) is 6.59. The normalized spacial score (nSPS) is 17.4. The number of amides is 7. The molecule has 79 heavy (non-hydrogen) atoms. The topological polar surface area (TPSA) is 258 Å². The van der Waals surface area contributed by atoms with Crippen LogP contribution in [0, 0.1) is 0 Å². The van der Waals surface area contributed by atoms with Gasteiger partial charge in [0.1, 0.15) is 25.3 Å². The molecule has 21 heteroatoms. The number of rotatable bonds is 19. The number of nitrogens with zero attached hydrogens (tertiary/aromatic N) is 5. The second-order valence-corrected chi connectivity index (χ2v) is 19.9. The molecule has 408 valence electrons. The highest BCUT2D eigenvalue weighted by atomic mass is 16.7. The summed E-state index contributed by atoms with van der Waals surface area (Å²) in [6.07, 6.45) is 3.12. The fourth-order valence-electron chi connectivity index (χ4n) is 10.6. The van der Waals surface area contributed by atoms with Crippen molar-refractivity contribution in [1.82, 2.24) is 10.4 Å². The number of imide groups is 1. The number of carbonyl (C=O) groups excluding carboxylic acids is 8. The lowest BCUT2D eigenvalue weighted by Gasteiger charge is -2.31. The van der Waals surface area contributed by atoms with Gasteiger partial charge >= 0.3 is 5.97 Å². The second-order valence-electron chi connectivity index (χ2n) is 19.9. The monoisotopic (exact) mass is 1070 g/mol. The molecule has 0 aromatic heterocycles. The van der Waals surface area contributed by atoms with E-state index in [-0.39, 0.29) is 92.8 Å². The number of primary amides is 1. The lowest BCUT2D eigenvalue weighted by atomic mass is 10.1. The summed E-state index contributed by atoms with van der Waals surface area (Å²) in [7, 11) is 2.94. The summed E-state index contributed by atoms with van der Waals surface area (Å²) in [4.78, 5) is 120. The van der Waals surface area contributed by atoms with Crippen LogP contribution in [0.5, 0.6) is 23.0 Å². The highest BCUT2D eigenvalue weighted by Crippen LogP contribution is 2.43. The summed E-state index contributed by atoms with van der Waals surface area (Å²) in [6, 6.07) is 24.4. The van der Waals surface area contributed by atoms with Crippen molar-refractivity contribution in [3.05, 3.63) is 124 Å². The van der Waals surface area contributed by atoms with Gasteiger partial charge in [-0.25, -0.2) is 4.79 Å². The number of ether oxygens (including phenoxy) is 4. The van der Waals surface area contributed by atoms with Crippen LogP contribution < -0.4 is 50.0 Å². The first kappa shape index (κ1) is 53.1. The average molecular weight is 1080 g/mol. The van der Waals surface area contributed by atoms with Gasteiger partial charge in [-0.05, 0) is 97.8 Å². The van der Waals surface area contributed by atoms with E-state index >= 15 is 0 Å². The highest BCUT2D eigenvalue weighted by molar-refractivity contribution is 6.15. The summed E-state index contributed by atoms with van der Waals surface area (Å²) in [5.41, 5.74) is 12.6. The van der Waals surface area contributed by atoms with Gasteiger partial charge in [0, 0.05) is 74.1 Å². The van der Waals surface area contributed by atoms with Crippen LogP contribution in [0.25, 0.3) is 0 Å². The van der Waals surface area contributed by atoms with E-state index in [2.05, 4.69) is 10.6 Å². The molecule has 21 nitrogen and oxygen atoms in total. The predicted octanol–water partition coefficient (Wildman–Crippen LogP) is 6.03. The molecule has 4 atom stereocenters. The number of nitrogens with two attached hydrogens (primary N) is 1. The van der Waals surface area contributed by atoms with Crippen molar-refractivity contribution in [1.29, 1.82) is 0 Å². The van der Waals surface area contributed by atoms with E-state index in [0.717, 1.165) is 22.5 Å². The van der Waals surface area contributed by atoms with Crippen LogP contribution in [-0.2, 0) is 59.7 Å². The van der Waals surface area contributed by atoms with Crippen LogP contribution in [0.2, 0.25) is 0 Å². The summed E-state index contributed by atoms with van der Waals surface area (Å²) >= 11 is 0. The number of carbonyl (C=O) groups is 8. The van der Waals surface area contributed by atoms with Gasteiger partial charge in [-0.1, -0.05) is 36.4 Å². The van der Waals surface area contributed by atoms with E-state index in [0.29, 0.717) is 69.6 Å². The van der Waals surface area contributed by atoms with Crippen molar-refractivity contribution in [3.8, 4) is 23.0 Å². The maximum atomic E-state index is 14.6. The Morgan fingerprint density at radius 3 is 1.99 bits per heavy atom. The molecule has 0 bridgehead atoms. The second kappa shape index (κ2) is 22.4. The molecule has 0 spiro atoms. The molecule has 5 aromatic rings. The Hall–Kier alpha value is -9.27. The van der Waals surface area contributed by atoms with Crippen molar-refractivity contribution >= 4 is 82.0 Å². The van der Waals surface area contributed by atoms with Crippen molar-refractivity contribution in [2.45, 2.75) is 103 Å². The van der Waals surface area contributed by atoms with Gasteiger partial charge < -0.3 is 45.1 Å². The molecule has 4 N–H and O–H groups in total. The Morgan fingerprint density at radius 2 is 1.33 bits per heavy atom. The van der Waals surface area contributed by atoms with Crippen molar-refractivity contribution in [3.63, 3.8) is 0 Å². The van der Waals surface area contributed by atoms with E-state index in [1.165, 1.54) is 33.0 Å². The lowest BCUT2D eigenvalue weighted by Crippen LogP contribution is -2.53. The number of hydrogen-bond donors (Lipinski definition) is 3. The maximum Gasteiger partial charge on any atom is 0.333 e. The third-order valence-electron chi connectivity index (χ3n) is 14.6. The molecule has 7 amide bonds. The largest absolute Gasteiger partial charge is 0.493 e. The third-order valence-corrected chi connectivity index (χ3v) is 14.6. The summed E-state index contributed by atoms with van der Waals surface area (Å²) in [5.74, 6) is -3.34. The smallest absolute Gasteiger partial charge is 0.333 e. The molecule has 5 aliphatic heterocycles. The van der Waals surface area contributed by atoms with Gasteiger partial charge in [-0.3, -0.25) is 48.4 Å². The molecule has 5 aliphatic rings. The Labute approximate surface area is 454 Å². The van der Waals surface area contributed by atoms with Gasteiger partial charge in [0.25, 0.3) is 23.6 Å². The fraction of sp³-hybridized carbons (Fsp3) is 0.328. The minimum Gasteiger partial charge on any atom is -0.493 e. The first-order valence-corrected chi connectivity index (χ1v) is 26.0. The molecule has 5 heterocycles. The van der Waals surface area contributed by atoms with Crippen LogP contribution in [0.15, 0.2) is 96.0 Å². The zero-order chi connectivity index (χ0) is 55.6. The first-order valence-electron chi connectivity index (χ1n) is 26.0. The number of hydroxylamine groups is 2. The van der Waals surface area contributed by atoms with Crippen molar-refractivity contribution in [2.24, 2.45) is 10.7 Å². The summed E-state index contributed by atoms with van der Waals surface area (Å²) in [6.45, 7) is 3.15. The van der Waals surface area contributed by atoms with Crippen LogP contribution in [-0.4, -0.2) is 104 Å². The molecule has 0 aliphatic carbocycles. The van der Waals surface area contributed by atoms with E-state index in [4.69, 9.17) is 34.5 Å². The van der Waals surface area contributed by atoms with Gasteiger partial charge in [0.15, 0.2) is 23.0 Å². The average Bonchev–Trinajstić information content (AvgIpc) is 4.17. The molecule has 1 saturated heterocycles. The number of aliphatic imine (C=N–C) groups is 1. The molecular weight excluding hydrogens is 1020 g/mol. The van der Waals surface area contributed by atoms with Crippen LogP contribution in [0.4, 0.5) is 28.4 Å². The molecule has 0 saturated carbocycles. The first-order chi connectivity index (χ1) is 38.1. The van der Waals surface area contributed by atoms with Gasteiger partial charge in [0.05, 0.1) is 48.8 Å². The zero-order valence-electron chi connectivity index (χ0n) is 43.9. The number of methoxy groups -OCH3 is 2. The van der Waals surface area contributed by atoms with Crippen LogP contribution in [0.1, 0.15) is 95.3 Å². The van der Waals surface area contributed by atoms with Crippen molar-refractivity contribution in [2.75, 3.05) is 40.8 Å². The molecule has 0 unspecified atom stereocenters. The third kappa shape index (κ3) is 10.7. The minimum absolute atomic E-state index is 0.0401. The number of nitrogens with one attached hydrogen (secondary N) is 2. The molecule has 1 fully saturated rings. The Bertz CT molecular complexity index is 3350. The number of benzene rings is 5. The van der Waals surface area contributed by atoms with Crippen LogP contribution >= 0.6 is 0 Å². The van der Waals surface area contributed by atoms with E-state index < -0.39 is 47.6 Å². The molecule has 0 radical (unpaired) electrons. The Balaban J connectivity index is 0.909. The number of fused-ring (bicyclic) bond motifs is 8. The van der Waals surface area contributed by atoms with E-state index in [1.807, 2.05) is 53.4 Å². The Kier molecular flexibility index (Phi) is 15.0. The number of unbranched alkanes of at least 4 members (excludes halogenated alkanes) is 1. The quantitative estimate of drug-likeness (QED) is 0.0631. The van der Waals surface area contributed by atoms with Crippen molar-refractivity contribution < 1.29 is 62.1 Å². The maximum absolute atomic E-state index is 14.6. The number of hydrogen-bond acceptors (Lipinski definition) is 15. The number of para-hydroxylation sites is 2. The molecule has 10 rings (SSSR count). The van der Waals surface area contributed by atoms with E-state index in [1.54, 1.807) is 53.6 Å². The number of anilines is 4. The fourth-order valence-corrected chi connectivity index (χ4v) is 10.6. The molecule has 5 aromatic carbocycles. The van der Waals surface area contributed by atoms with Gasteiger partial charge in [0.2, 0.25) is 17.7 Å². The van der Waals surface area contributed by atoms with Gasteiger partial charge in [-0.15, -0.1) is 5.06 Å². The molecular formula is C58H58N8O13. The zero-order valence-corrected chi connectivity index (χ0v) is 43.9. The van der Waals surface area contributed by atoms with Crippen LogP contribution in [0.3, 0.4) is 0 Å². The lowest BCUT2D eigenvalue weighted by molar-refractivity contribution is -0.197. The summed E-state index contributed by atoms with van der Waals surface area (Å²) < 4.78 is 24.5. The SMILES string of the molecule is COc1cc2c(cc1OCc1cc(COc3cc4c(cc3OC)C(=O)N3c5ccccc5C[C@H]3CN4)cc(N(C(=O)[C@H](C)NC(=O)CCCCC(=O)ON3C(=O)CCC3=O)[C@@H](C)C(N)=O)c1)N=C[C@@H]1Cc3ccccc3N1C2=O.